The van der Waals surface area contributed by atoms with Crippen molar-refractivity contribution in [2.24, 2.45) is 0 Å². The third kappa shape index (κ3) is 2.21. The summed E-state index contributed by atoms with van der Waals surface area (Å²) < 4.78 is 1.77. The van der Waals surface area contributed by atoms with Crippen molar-refractivity contribution in [3.8, 4) is 16.9 Å². The van der Waals surface area contributed by atoms with Crippen molar-refractivity contribution in [2.45, 2.75) is 13.5 Å². The number of aliphatic hydroxyl groups excluding tert-OH is 1. The van der Waals surface area contributed by atoms with E-state index in [1.807, 2.05) is 61.5 Å². The van der Waals surface area contributed by atoms with Crippen molar-refractivity contribution in [3.05, 3.63) is 65.9 Å². The van der Waals surface area contributed by atoms with Gasteiger partial charge in [-0.15, -0.1) is 5.10 Å². The summed E-state index contributed by atoms with van der Waals surface area (Å²) in [6.45, 7) is 1.91. The van der Waals surface area contributed by atoms with E-state index in [4.69, 9.17) is 0 Å². The lowest BCUT2D eigenvalue weighted by Gasteiger charge is -2.08. The molecule has 100 valence electrons. The van der Waals surface area contributed by atoms with Crippen LogP contribution in [0.4, 0.5) is 0 Å². The van der Waals surface area contributed by atoms with Gasteiger partial charge in [0.1, 0.15) is 11.4 Å². The second-order valence-electron chi connectivity index (χ2n) is 4.66. The largest absolute Gasteiger partial charge is 0.390 e. The van der Waals surface area contributed by atoms with E-state index in [0.717, 1.165) is 22.5 Å². The molecule has 1 N–H and O–H groups in total. The Hall–Kier alpha value is -2.46. The van der Waals surface area contributed by atoms with Crippen LogP contribution in [0, 0.1) is 6.92 Å². The zero-order valence-electron chi connectivity index (χ0n) is 11.2. The third-order valence-corrected chi connectivity index (χ3v) is 3.18. The van der Waals surface area contributed by atoms with E-state index in [2.05, 4.69) is 10.3 Å². The van der Waals surface area contributed by atoms with Gasteiger partial charge in [-0.1, -0.05) is 47.7 Å². The van der Waals surface area contributed by atoms with Crippen molar-refractivity contribution in [2.75, 3.05) is 0 Å². The molecule has 20 heavy (non-hydrogen) atoms. The first-order valence-electron chi connectivity index (χ1n) is 6.47. The average molecular weight is 265 g/mol. The predicted molar refractivity (Wildman–Crippen MR) is 77.5 cm³/mol. The lowest BCUT2D eigenvalue weighted by molar-refractivity contribution is 0.277. The molecule has 3 rings (SSSR count). The molecule has 1 aromatic heterocycles. The maximum absolute atomic E-state index is 9.48. The summed E-state index contributed by atoms with van der Waals surface area (Å²) >= 11 is 0. The van der Waals surface area contributed by atoms with Crippen LogP contribution in [0.25, 0.3) is 16.9 Å². The number of aryl methyl sites for hydroxylation is 1. The van der Waals surface area contributed by atoms with E-state index in [9.17, 15) is 5.11 Å². The van der Waals surface area contributed by atoms with E-state index in [1.54, 1.807) is 4.68 Å². The molecule has 0 amide bonds. The molecule has 0 aliphatic carbocycles. The predicted octanol–water partition coefficient (Wildman–Crippen LogP) is 2.74. The molecule has 4 heteroatoms. The van der Waals surface area contributed by atoms with Crippen LogP contribution in [0.5, 0.6) is 0 Å². The van der Waals surface area contributed by atoms with E-state index in [0.29, 0.717) is 5.69 Å². The van der Waals surface area contributed by atoms with Gasteiger partial charge in [-0.05, 0) is 24.6 Å². The Labute approximate surface area is 117 Å². The highest BCUT2D eigenvalue weighted by molar-refractivity contribution is 5.64. The Kier molecular flexibility index (Phi) is 3.31. The first-order valence-corrected chi connectivity index (χ1v) is 6.47. The first kappa shape index (κ1) is 12.6. The molecule has 0 aliphatic heterocycles. The topological polar surface area (TPSA) is 50.9 Å². The Morgan fingerprint density at radius 1 is 1.05 bits per heavy atom. The van der Waals surface area contributed by atoms with Gasteiger partial charge in [0.15, 0.2) is 0 Å². The molecule has 0 saturated heterocycles. The number of aliphatic hydroxyl groups is 1. The molecule has 0 unspecified atom stereocenters. The maximum Gasteiger partial charge on any atom is 0.117 e. The van der Waals surface area contributed by atoms with Gasteiger partial charge < -0.3 is 5.11 Å². The molecule has 0 atom stereocenters. The SMILES string of the molecule is Cc1cccc(-n2nnc(CO)c2-c2ccccc2)c1. The zero-order chi connectivity index (χ0) is 13.9. The third-order valence-electron chi connectivity index (χ3n) is 3.18. The fourth-order valence-corrected chi connectivity index (χ4v) is 2.24. The number of hydrogen-bond donors (Lipinski definition) is 1. The maximum atomic E-state index is 9.48. The molecule has 0 radical (unpaired) electrons. The van der Waals surface area contributed by atoms with Crippen LogP contribution < -0.4 is 0 Å². The number of aromatic nitrogens is 3. The Balaban J connectivity index is 2.20. The van der Waals surface area contributed by atoms with Crippen molar-refractivity contribution in [1.82, 2.24) is 15.0 Å². The minimum Gasteiger partial charge on any atom is -0.390 e. The van der Waals surface area contributed by atoms with Crippen LogP contribution in [0.1, 0.15) is 11.3 Å². The van der Waals surface area contributed by atoms with Gasteiger partial charge in [-0.25, -0.2) is 4.68 Å². The lowest BCUT2D eigenvalue weighted by atomic mass is 10.1. The van der Waals surface area contributed by atoms with Crippen molar-refractivity contribution < 1.29 is 5.11 Å². The number of rotatable bonds is 3. The summed E-state index contributed by atoms with van der Waals surface area (Å²) in [4.78, 5) is 0. The average Bonchev–Trinajstić information content (AvgIpc) is 2.92. The van der Waals surface area contributed by atoms with Crippen molar-refractivity contribution in [1.29, 1.82) is 0 Å². The van der Waals surface area contributed by atoms with Crippen molar-refractivity contribution in [3.63, 3.8) is 0 Å². The van der Waals surface area contributed by atoms with E-state index in [-0.39, 0.29) is 6.61 Å². The highest BCUT2D eigenvalue weighted by atomic mass is 16.3. The Morgan fingerprint density at radius 2 is 1.85 bits per heavy atom. The fourth-order valence-electron chi connectivity index (χ4n) is 2.24. The van der Waals surface area contributed by atoms with Crippen LogP contribution in [-0.4, -0.2) is 20.1 Å². The molecular formula is C16H15N3O. The van der Waals surface area contributed by atoms with E-state index >= 15 is 0 Å². The highest BCUT2D eigenvalue weighted by Gasteiger charge is 2.15. The van der Waals surface area contributed by atoms with Crippen LogP contribution in [0.3, 0.4) is 0 Å². The van der Waals surface area contributed by atoms with Crippen LogP contribution in [0.2, 0.25) is 0 Å². The summed E-state index contributed by atoms with van der Waals surface area (Å²) in [7, 11) is 0. The molecule has 0 saturated carbocycles. The van der Waals surface area contributed by atoms with Gasteiger partial charge in [-0.2, -0.15) is 0 Å². The lowest BCUT2D eigenvalue weighted by Crippen LogP contribution is -2.00. The molecule has 4 nitrogen and oxygen atoms in total. The summed E-state index contributed by atoms with van der Waals surface area (Å²) in [5.74, 6) is 0. The zero-order valence-corrected chi connectivity index (χ0v) is 11.2. The van der Waals surface area contributed by atoms with Gasteiger partial charge in [0, 0.05) is 5.56 Å². The highest BCUT2D eigenvalue weighted by Crippen LogP contribution is 2.25. The molecular weight excluding hydrogens is 250 g/mol. The quantitative estimate of drug-likeness (QED) is 0.792. The number of benzene rings is 2. The minimum absolute atomic E-state index is 0.129. The van der Waals surface area contributed by atoms with Gasteiger partial charge in [0.05, 0.1) is 12.3 Å². The number of nitrogens with zero attached hydrogens (tertiary/aromatic N) is 3. The summed E-state index contributed by atoms with van der Waals surface area (Å²) in [5, 5.41) is 17.7. The van der Waals surface area contributed by atoms with E-state index < -0.39 is 0 Å². The first-order chi connectivity index (χ1) is 9.79. The van der Waals surface area contributed by atoms with Crippen LogP contribution >= 0.6 is 0 Å². The standard InChI is InChI=1S/C16H15N3O/c1-12-6-5-9-14(10-12)19-16(15(11-20)17-18-19)13-7-3-2-4-8-13/h2-10,20H,11H2,1H3. The minimum atomic E-state index is -0.129. The van der Waals surface area contributed by atoms with Crippen molar-refractivity contribution >= 4 is 0 Å². The molecule has 0 aliphatic rings. The van der Waals surface area contributed by atoms with Gasteiger partial charge in [0.25, 0.3) is 0 Å². The van der Waals surface area contributed by atoms with Gasteiger partial charge in [-0.3, -0.25) is 0 Å². The summed E-state index contributed by atoms with van der Waals surface area (Å²) in [5.41, 5.74) is 4.50. The molecule has 0 spiro atoms. The normalized spacial score (nSPS) is 10.7. The molecule has 1 heterocycles. The smallest absolute Gasteiger partial charge is 0.117 e. The second-order valence-corrected chi connectivity index (χ2v) is 4.66. The van der Waals surface area contributed by atoms with Gasteiger partial charge >= 0.3 is 0 Å². The molecule has 0 fully saturated rings. The molecule has 2 aromatic carbocycles. The van der Waals surface area contributed by atoms with Crippen LogP contribution in [0.15, 0.2) is 54.6 Å². The Bertz CT molecular complexity index is 720. The van der Waals surface area contributed by atoms with Crippen LogP contribution in [-0.2, 0) is 6.61 Å². The van der Waals surface area contributed by atoms with E-state index in [1.165, 1.54) is 0 Å². The molecule has 0 bridgehead atoms. The second kappa shape index (κ2) is 5.27. The number of hydrogen-bond acceptors (Lipinski definition) is 3. The summed E-state index contributed by atoms with van der Waals surface area (Å²) in [6.07, 6.45) is 0. The van der Waals surface area contributed by atoms with Gasteiger partial charge in [0.2, 0.25) is 0 Å². The monoisotopic (exact) mass is 265 g/mol. The molecule has 3 aromatic rings. The fraction of sp³-hybridized carbons (Fsp3) is 0.125. The Morgan fingerprint density at radius 3 is 2.55 bits per heavy atom. The summed E-state index contributed by atoms with van der Waals surface area (Å²) in [6, 6.07) is 17.9.